The highest BCUT2D eigenvalue weighted by atomic mass is 16.5. The molecule has 1 amide bonds. The fourth-order valence-corrected chi connectivity index (χ4v) is 4.07. The first-order chi connectivity index (χ1) is 15.2. The second-order valence-corrected chi connectivity index (χ2v) is 7.70. The van der Waals surface area contributed by atoms with E-state index < -0.39 is 0 Å². The van der Waals surface area contributed by atoms with E-state index in [0.717, 1.165) is 60.0 Å². The molecule has 6 heteroatoms. The van der Waals surface area contributed by atoms with E-state index in [2.05, 4.69) is 28.9 Å². The third kappa shape index (κ3) is 4.21. The molecule has 2 aromatic carbocycles. The van der Waals surface area contributed by atoms with Gasteiger partial charge in [-0.05, 0) is 44.3 Å². The monoisotopic (exact) mass is 418 g/mol. The topological polar surface area (TPSA) is 61.5 Å². The minimum atomic E-state index is 0.0718. The molecule has 1 aliphatic rings. The maximum atomic E-state index is 13.0. The van der Waals surface area contributed by atoms with Crippen molar-refractivity contribution in [2.45, 2.75) is 27.4 Å². The SMILES string of the molecule is CCN(CC)CCN(CC)C(=O)c1ccc(-c2n[nH]c3c2COc2ccccc2-3)cc1. The number of benzene rings is 2. The van der Waals surface area contributed by atoms with Crippen molar-refractivity contribution >= 4 is 5.91 Å². The Labute approximate surface area is 183 Å². The van der Waals surface area contributed by atoms with Gasteiger partial charge in [0, 0.05) is 41.9 Å². The molecule has 0 fully saturated rings. The number of ether oxygens (including phenoxy) is 1. The largest absolute Gasteiger partial charge is 0.488 e. The molecule has 1 N–H and O–H groups in total. The molecule has 0 aliphatic carbocycles. The third-order valence-electron chi connectivity index (χ3n) is 6.05. The highest BCUT2D eigenvalue weighted by Crippen LogP contribution is 2.39. The second kappa shape index (κ2) is 9.35. The van der Waals surface area contributed by atoms with Gasteiger partial charge in [0.15, 0.2) is 0 Å². The van der Waals surface area contributed by atoms with Gasteiger partial charge in [0.1, 0.15) is 12.4 Å². The number of carbonyl (C=O) groups excluding carboxylic acids is 1. The molecule has 0 saturated heterocycles. The lowest BCUT2D eigenvalue weighted by molar-refractivity contribution is 0.0747. The molecule has 162 valence electrons. The number of carbonyl (C=O) groups is 1. The molecule has 0 spiro atoms. The van der Waals surface area contributed by atoms with Crippen molar-refractivity contribution in [3.05, 3.63) is 59.7 Å². The Kier molecular flexibility index (Phi) is 6.37. The molecular weight excluding hydrogens is 388 g/mol. The fraction of sp³-hybridized carbons (Fsp3) is 0.360. The number of aromatic nitrogens is 2. The van der Waals surface area contributed by atoms with Crippen molar-refractivity contribution in [3.63, 3.8) is 0 Å². The number of nitrogens with one attached hydrogen (secondary N) is 1. The number of rotatable bonds is 8. The van der Waals surface area contributed by atoms with Gasteiger partial charge in [0.2, 0.25) is 0 Å². The molecule has 0 saturated carbocycles. The molecule has 3 aromatic rings. The van der Waals surface area contributed by atoms with E-state index in [1.165, 1.54) is 0 Å². The summed E-state index contributed by atoms with van der Waals surface area (Å²) in [6.07, 6.45) is 0. The van der Waals surface area contributed by atoms with E-state index in [4.69, 9.17) is 4.74 Å². The molecule has 2 heterocycles. The molecule has 0 atom stereocenters. The van der Waals surface area contributed by atoms with Gasteiger partial charge in [-0.2, -0.15) is 5.10 Å². The average molecular weight is 419 g/mol. The first kappa shape index (κ1) is 21.1. The van der Waals surface area contributed by atoms with E-state index in [1.54, 1.807) is 0 Å². The third-order valence-corrected chi connectivity index (χ3v) is 6.05. The minimum absolute atomic E-state index is 0.0718. The number of hydrogen-bond donors (Lipinski definition) is 1. The van der Waals surface area contributed by atoms with E-state index >= 15 is 0 Å². The number of amides is 1. The van der Waals surface area contributed by atoms with Gasteiger partial charge in [-0.1, -0.05) is 38.1 Å². The zero-order valence-corrected chi connectivity index (χ0v) is 18.5. The van der Waals surface area contributed by atoms with Crippen LogP contribution in [0.3, 0.4) is 0 Å². The number of H-pyrrole nitrogens is 1. The van der Waals surface area contributed by atoms with Crippen LogP contribution in [-0.4, -0.2) is 58.6 Å². The van der Waals surface area contributed by atoms with E-state index in [1.807, 2.05) is 60.4 Å². The van der Waals surface area contributed by atoms with Crippen LogP contribution in [-0.2, 0) is 6.61 Å². The summed E-state index contributed by atoms with van der Waals surface area (Å²) in [5.41, 5.74) is 5.63. The Morgan fingerprint density at radius 3 is 2.45 bits per heavy atom. The summed E-state index contributed by atoms with van der Waals surface area (Å²) in [7, 11) is 0. The predicted molar refractivity (Wildman–Crippen MR) is 123 cm³/mol. The van der Waals surface area contributed by atoms with Crippen LogP contribution in [0.25, 0.3) is 22.5 Å². The Bertz CT molecular complexity index is 1040. The van der Waals surface area contributed by atoms with E-state index in [0.29, 0.717) is 18.7 Å². The standard InChI is InChI=1S/C25H30N4O2/c1-4-28(5-2)15-16-29(6-3)25(30)19-13-11-18(12-14-19)23-21-17-31-22-10-8-7-9-20(22)24(21)27-26-23/h7-14H,4-6,15-17H2,1-3H3,(H,26,27). The first-order valence-electron chi connectivity index (χ1n) is 11.1. The van der Waals surface area contributed by atoms with Crippen molar-refractivity contribution in [3.8, 4) is 28.3 Å². The molecule has 0 radical (unpaired) electrons. The number of nitrogens with zero attached hydrogens (tertiary/aromatic N) is 3. The van der Waals surface area contributed by atoms with Gasteiger partial charge in [0.25, 0.3) is 5.91 Å². The predicted octanol–water partition coefficient (Wildman–Crippen LogP) is 4.44. The lowest BCUT2D eigenvalue weighted by Gasteiger charge is -2.25. The van der Waals surface area contributed by atoms with Crippen LogP contribution in [0.2, 0.25) is 0 Å². The second-order valence-electron chi connectivity index (χ2n) is 7.70. The Morgan fingerprint density at radius 1 is 1.00 bits per heavy atom. The first-order valence-corrected chi connectivity index (χ1v) is 11.1. The van der Waals surface area contributed by atoms with Crippen molar-refractivity contribution in [1.29, 1.82) is 0 Å². The molecule has 4 rings (SSSR count). The lowest BCUT2D eigenvalue weighted by Crippen LogP contribution is -2.38. The zero-order valence-electron chi connectivity index (χ0n) is 18.5. The normalized spacial score (nSPS) is 12.3. The van der Waals surface area contributed by atoms with Gasteiger partial charge in [-0.25, -0.2) is 0 Å². The van der Waals surface area contributed by atoms with Gasteiger partial charge in [0.05, 0.1) is 11.4 Å². The summed E-state index contributed by atoms with van der Waals surface area (Å²) < 4.78 is 5.92. The molecule has 6 nitrogen and oxygen atoms in total. The minimum Gasteiger partial charge on any atom is -0.488 e. The van der Waals surface area contributed by atoms with Crippen molar-refractivity contribution in [1.82, 2.24) is 20.0 Å². The molecule has 31 heavy (non-hydrogen) atoms. The number of para-hydroxylation sites is 1. The van der Waals surface area contributed by atoms with Crippen LogP contribution in [0.1, 0.15) is 36.7 Å². The summed E-state index contributed by atoms with van der Waals surface area (Å²) >= 11 is 0. The smallest absolute Gasteiger partial charge is 0.253 e. The summed E-state index contributed by atoms with van der Waals surface area (Å²) in [4.78, 5) is 17.2. The number of likely N-dealkylation sites (N-methyl/N-ethyl adjacent to an activating group) is 2. The highest BCUT2D eigenvalue weighted by molar-refractivity contribution is 5.94. The maximum absolute atomic E-state index is 13.0. The number of fused-ring (bicyclic) bond motifs is 3. The zero-order chi connectivity index (χ0) is 21.8. The molecule has 1 aliphatic heterocycles. The summed E-state index contributed by atoms with van der Waals surface area (Å²) in [5.74, 6) is 0.943. The van der Waals surface area contributed by atoms with Crippen molar-refractivity contribution in [2.75, 3.05) is 32.7 Å². The average Bonchev–Trinajstić information content (AvgIpc) is 3.26. The van der Waals surface area contributed by atoms with Crippen LogP contribution >= 0.6 is 0 Å². The molecule has 1 aromatic heterocycles. The van der Waals surface area contributed by atoms with Gasteiger partial charge < -0.3 is 14.5 Å². The summed E-state index contributed by atoms with van der Waals surface area (Å²) in [6, 6.07) is 15.7. The van der Waals surface area contributed by atoms with Crippen LogP contribution in [0.15, 0.2) is 48.5 Å². The van der Waals surface area contributed by atoms with Gasteiger partial charge >= 0.3 is 0 Å². The van der Waals surface area contributed by atoms with Gasteiger partial charge in [-0.15, -0.1) is 0 Å². The molecular formula is C25H30N4O2. The number of aromatic amines is 1. The molecule has 0 unspecified atom stereocenters. The van der Waals surface area contributed by atoms with Crippen LogP contribution in [0.5, 0.6) is 5.75 Å². The fourth-order valence-electron chi connectivity index (χ4n) is 4.07. The Morgan fingerprint density at radius 2 is 1.74 bits per heavy atom. The lowest BCUT2D eigenvalue weighted by atomic mass is 9.99. The Balaban J connectivity index is 1.52. The summed E-state index contributed by atoms with van der Waals surface area (Å²) in [6.45, 7) is 11.1. The van der Waals surface area contributed by atoms with E-state index in [9.17, 15) is 4.79 Å². The van der Waals surface area contributed by atoms with Crippen LogP contribution in [0, 0.1) is 0 Å². The van der Waals surface area contributed by atoms with Crippen LogP contribution in [0.4, 0.5) is 0 Å². The van der Waals surface area contributed by atoms with Gasteiger partial charge in [-0.3, -0.25) is 9.89 Å². The Hall–Kier alpha value is -3.12. The van der Waals surface area contributed by atoms with Crippen molar-refractivity contribution < 1.29 is 9.53 Å². The highest BCUT2D eigenvalue weighted by Gasteiger charge is 2.24. The van der Waals surface area contributed by atoms with Crippen LogP contribution < -0.4 is 4.74 Å². The van der Waals surface area contributed by atoms with Crippen molar-refractivity contribution in [2.24, 2.45) is 0 Å². The van der Waals surface area contributed by atoms with E-state index in [-0.39, 0.29) is 5.91 Å². The number of hydrogen-bond acceptors (Lipinski definition) is 4. The quantitative estimate of drug-likeness (QED) is 0.587. The molecule has 0 bridgehead atoms. The maximum Gasteiger partial charge on any atom is 0.253 e. The summed E-state index contributed by atoms with van der Waals surface area (Å²) in [5, 5.41) is 7.73.